The van der Waals surface area contributed by atoms with Gasteiger partial charge in [-0.25, -0.2) is 0 Å². The topological polar surface area (TPSA) is 33.0 Å². The van der Waals surface area contributed by atoms with Gasteiger partial charge in [0.2, 0.25) is 0 Å². The number of methoxy groups -OCH3 is 1. The van der Waals surface area contributed by atoms with Gasteiger partial charge in [0.25, 0.3) is 0 Å². The summed E-state index contributed by atoms with van der Waals surface area (Å²) >= 11 is 0. The van der Waals surface area contributed by atoms with Crippen LogP contribution in [-0.2, 0) is 4.74 Å². The highest BCUT2D eigenvalue weighted by molar-refractivity contribution is 5.33. The molecule has 0 aliphatic rings. The van der Waals surface area contributed by atoms with E-state index in [2.05, 4.69) is 6.07 Å². The highest BCUT2D eigenvalue weighted by Gasteiger charge is 1.94. The maximum Gasteiger partial charge on any atom is 0.0989 e. The van der Waals surface area contributed by atoms with Crippen molar-refractivity contribution < 1.29 is 4.74 Å². The summed E-state index contributed by atoms with van der Waals surface area (Å²) in [5.74, 6) is 0. The van der Waals surface area contributed by atoms with Crippen LogP contribution in [0.3, 0.4) is 0 Å². The predicted molar refractivity (Wildman–Crippen MR) is 45.0 cm³/mol. The molecule has 1 unspecified atom stereocenters. The number of hydrogen-bond acceptors (Lipinski definition) is 2. The summed E-state index contributed by atoms with van der Waals surface area (Å²) in [6.07, 6.45) is 5.37. The van der Waals surface area contributed by atoms with Crippen LogP contribution in [0.5, 0.6) is 0 Å². The molecule has 2 heteroatoms. The summed E-state index contributed by atoms with van der Waals surface area (Å²) in [7, 11) is 1.62. The zero-order valence-electron chi connectivity index (χ0n) is 7.16. The van der Waals surface area contributed by atoms with Gasteiger partial charge in [-0.3, -0.25) is 0 Å². The molecule has 0 aliphatic carbocycles. The molecule has 0 aromatic heterocycles. The van der Waals surface area contributed by atoms with E-state index in [0.29, 0.717) is 5.57 Å². The third-order valence-electron chi connectivity index (χ3n) is 1.26. The van der Waals surface area contributed by atoms with Crippen molar-refractivity contribution in [3.05, 3.63) is 23.8 Å². The van der Waals surface area contributed by atoms with Crippen molar-refractivity contribution >= 4 is 0 Å². The molecule has 0 saturated heterocycles. The molecular weight excluding hydrogens is 138 g/mol. The molecule has 0 spiro atoms. The van der Waals surface area contributed by atoms with Crippen LogP contribution in [0.25, 0.3) is 0 Å². The molecule has 0 aliphatic heterocycles. The molecule has 2 nitrogen and oxygen atoms in total. The normalized spacial score (nSPS) is 14.9. The Morgan fingerprint density at radius 3 is 2.64 bits per heavy atom. The quantitative estimate of drug-likeness (QED) is 0.457. The lowest BCUT2D eigenvalue weighted by atomic mass is 10.2. The van der Waals surface area contributed by atoms with E-state index in [0.717, 1.165) is 0 Å². The van der Waals surface area contributed by atoms with E-state index < -0.39 is 0 Å². The van der Waals surface area contributed by atoms with Gasteiger partial charge in [0, 0.05) is 7.11 Å². The first-order chi connectivity index (χ1) is 5.24. The Kier molecular flexibility index (Phi) is 5.14. The zero-order chi connectivity index (χ0) is 8.69. The molecule has 0 bridgehead atoms. The highest BCUT2D eigenvalue weighted by atomic mass is 16.5. The van der Waals surface area contributed by atoms with Crippen LogP contribution < -0.4 is 0 Å². The van der Waals surface area contributed by atoms with E-state index >= 15 is 0 Å². The maximum absolute atomic E-state index is 8.58. The Morgan fingerprint density at radius 2 is 2.27 bits per heavy atom. The summed E-state index contributed by atoms with van der Waals surface area (Å²) < 4.78 is 4.97. The number of rotatable bonds is 3. The first kappa shape index (κ1) is 9.93. The summed E-state index contributed by atoms with van der Waals surface area (Å²) in [6, 6.07) is 2.06. The summed E-state index contributed by atoms with van der Waals surface area (Å²) in [5, 5.41) is 8.58. The van der Waals surface area contributed by atoms with E-state index in [1.54, 1.807) is 19.3 Å². The fourth-order valence-electron chi connectivity index (χ4n) is 0.631. The van der Waals surface area contributed by atoms with Gasteiger partial charge in [-0.1, -0.05) is 6.08 Å². The number of nitrogens with zero attached hydrogens (tertiary/aromatic N) is 1. The molecule has 0 aromatic rings. The van der Waals surface area contributed by atoms with Gasteiger partial charge in [0.1, 0.15) is 0 Å². The Balaban J connectivity index is 4.25. The van der Waals surface area contributed by atoms with Crippen molar-refractivity contribution in [3.63, 3.8) is 0 Å². The lowest BCUT2D eigenvalue weighted by Gasteiger charge is -2.01. The van der Waals surface area contributed by atoms with E-state index in [-0.39, 0.29) is 6.10 Å². The lowest BCUT2D eigenvalue weighted by molar-refractivity contribution is 0.156. The van der Waals surface area contributed by atoms with Crippen LogP contribution in [0.4, 0.5) is 0 Å². The minimum absolute atomic E-state index is 0.000787. The van der Waals surface area contributed by atoms with Gasteiger partial charge >= 0.3 is 0 Å². The molecule has 0 heterocycles. The molecule has 0 radical (unpaired) electrons. The van der Waals surface area contributed by atoms with Gasteiger partial charge in [-0.2, -0.15) is 5.26 Å². The van der Waals surface area contributed by atoms with Crippen LogP contribution in [-0.4, -0.2) is 13.2 Å². The Hall–Kier alpha value is -1.07. The summed E-state index contributed by atoms with van der Waals surface area (Å²) in [5.41, 5.74) is 0.641. The van der Waals surface area contributed by atoms with E-state index in [1.807, 2.05) is 19.9 Å². The van der Waals surface area contributed by atoms with Crippen molar-refractivity contribution in [1.82, 2.24) is 0 Å². The van der Waals surface area contributed by atoms with Crippen LogP contribution >= 0.6 is 0 Å². The van der Waals surface area contributed by atoms with Gasteiger partial charge in [0.05, 0.1) is 17.7 Å². The Labute approximate surface area is 67.8 Å². The average molecular weight is 151 g/mol. The maximum atomic E-state index is 8.58. The van der Waals surface area contributed by atoms with Gasteiger partial charge in [-0.15, -0.1) is 0 Å². The Morgan fingerprint density at radius 1 is 1.64 bits per heavy atom. The number of ether oxygens (including phenoxy) is 1. The second-order valence-corrected chi connectivity index (χ2v) is 2.17. The molecule has 0 saturated carbocycles. The first-order valence-electron chi connectivity index (χ1n) is 3.52. The highest BCUT2D eigenvalue weighted by Crippen LogP contribution is 1.99. The number of hydrogen-bond donors (Lipinski definition) is 0. The molecule has 1 atom stereocenters. The zero-order valence-corrected chi connectivity index (χ0v) is 7.16. The lowest BCUT2D eigenvalue weighted by Crippen LogP contribution is -2.00. The molecule has 0 fully saturated rings. The van der Waals surface area contributed by atoms with Crippen molar-refractivity contribution in [2.45, 2.75) is 20.0 Å². The molecule has 0 rings (SSSR count). The standard InChI is InChI=1S/C9H13NO/c1-4-5-9(7-10)6-8(2)11-3/h4-6,8H,1-3H3/b5-4-,9-6+. The molecular formula is C9H13NO. The molecule has 0 amide bonds. The fraction of sp³-hybridized carbons (Fsp3) is 0.444. The van der Waals surface area contributed by atoms with Gasteiger partial charge < -0.3 is 4.74 Å². The van der Waals surface area contributed by atoms with Crippen LogP contribution in [0, 0.1) is 11.3 Å². The van der Waals surface area contributed by atoms with Crippen molar-refractivity contribution in [2.24, 2.45) is 0 Å². The van der Waals surface area contributed by atoms with Crippen LogP contribution in [0.2, 0.25) is 0 Å². The molecule has 60 valence electrons. The second kappa shape index (κ2) is 5.70. The van der Waals surface area contributed by atoms with Crippen molar-refractivity contribution in [1.29, 1.82) is 5.26 Å². The minimum atomic E-state index is 0.000787. The predicted octanol–water partition coefficient (Wildman–Crippen LogP) is 2.05. The number of allylic oxidation sites excluding steroid dienone is 3. The molecule has 11 heavy (non-hydrogen) atoms. The fourth-order valence-corrected chi connectivity index (χ4v) is 0.631. The largest absolute Gasteiger partial charge is 0.378 e. The second-order valence-electron chi connectivity index (χ2n) is 2.17. The SMILES string of the molecule is C/C=C\C(C#N)=C/C(C)OC. The van der Waals surface area contributed by atoms with Crippen molar-refractivity contribution in [2.75, 3.05) is 7.11 Å². The van der Waals surface area contributed by atoms with Gasteiger partial charge in [0.15, 0.2) is 0 Å². The third kappa shape index (κ3) is 4.35. The van der Waals surface area contributed by atoms with Crippen LogP contribution in [0.1, 0.15) is 13.8 Å². The summed E-state index contributed by atoms with van der Waals surface area (Å²) in [6.45, 7) is 3.77. The monoisotopic (exact) mass is 151 g/mol. The molecule has 0 aromatic carbocycles. The van der Waals surface area contributed by atoms with E-state index in [4.69, 9.17) is 10.00 Å². The average Bonchev–Trinajstić information content (AvgIpc) is 2.03. The minimum Gasteiger partial charge on any atom is -0.378 e. The Bertz CT molecular complexity index is 198. The number of nitriles is 1. The van der Waals surface area contributed by atoms with E-state index in [9.17, 15) is 0 Å². The molecule has 0 N–H and O–H groups in total. The van der Waals surface area contributed by atoms with Crippen LogP contribution in [0.15, 0.2) is 23.8 Å². The van der Waals surface area contributed by atoms with Gasteiger partial charge in [-0.05, 0) is 26.0 Å². The smallest absolute Gasteiger partial charge is 0.0989 e. The van der Waals surface area contributed by atoms with E-state index in [1.165, 1.54) is 0 Å². The summed E-state index contributed by atoms with van der Waals surface area (Å²) in [4.78, 5) is 0. The third-order valence-corrected chi connectivity index (χ3v) is 1.26. The first-order valence-corrected chi connectivity index (χ1v) is 3.52. The van der Waals surface area contributed by atoms with Crippen molar-refractivity contribution in [3.8, 4) is 6.07 Å².